The third-order valence-corrected chi connectivity index (χ3v) is 3.64. The van der Waals surface area contributed by atoms with E-state index in [1.165, 1.54) is 26.3 Å². The van der Waals surface area contributed by atoms with Gasteiger partial charge in [-0.25, -0.2) is 0 Å². The van der Waals surface area contributed by atoms with Gasteiger partial charge in [0.05, 0.1) is 0 Å². The lowest BCUT2D eigenvalue weighted by Gasteiger charge is -2.33. The zero-order valence-corrected chi connectivity index (χ0v) is 13.1. The van der Waals surface area contributed by atoms with Crippen molar-refractivity contribution in [2.24, 2.45) is 11.8 Å². The third kappa shape index (κ3) is 7.48. The highest BCUT2D eigenvalue weighted by Crippen LogP contribution is 2.17. The van der Waals surface area contributed by atoms with E-state index in [9.17, 15) is 9.59 Å². The van der Waals surface area contributed by atoms with Gasteiger partial charge in [0.2, 0.25) is 11.8 Å². The van der Waals surface area contributed by atoms with Crippen molar-refractivity contribution in [2.45, 2.75) is 40.0 Å². The predicted molar refractivity (Wildman–Crippen MR) is 80.3 cm³/mol. The van der Waals surface area contributed by atoms with Crippen LogP contribution in [0.5, 0.6) is 0 Å². The van der Waals surface area contributed by atoms with Crippen LogP contribution in [0.2, 0.25) is 0 Å². The summed E-state index contributed by atoms with van der Waals surface area (Å²) in [5.74, 6) is 1.27. The Bertz CT molecular complexity index is 310. The van der Waals surface area contributed by atoms with Gasteiger partial charge in [0.15, 0.2) is 0 Å². The Kier molecular flexibility index (Phi) is 7.59. The van der Waals surface area contributed by atoms with Gasteiger partial charge in [-0.1, -0.05) is 13.8 Å². The van der Waals surface area contributed by atoms with E-state index in [-0.39, 0.29) is 11.8 Å². The van der Waals surface area contributed by atoms with E-state index < -0.39 is 0 Å². The Morgan fingerprint density at radius 2 is 1.85 bits per heavy atom. The summed E-state index contributed by atoms with van der Waals surface area (Å²) in [6.07, 6.45) is 2.70. The summed E-state index contributed by atoms with van der Waals surface area (Å²) in [5.41, 5.74) is 0. The molecule has 5 heteroatoms. The van der Waals surface area contributed by atoms with Crippen LogP contribution >= 0.6 is 0 Å². The van der Waals surface area contributed by atoms with E-state index in [4.69, 9.17) is 0 Å². The molecule has 0 radical (unpaired) electrons. The highest BCUT2D eigenvalue weighted by Gasteiger charge is 2.19. The molecule has 0 aromatic carbocycles. The molecule has 116 valence electrons. The molecule has 1 saturated heterocycles. The van der Waals surface area contributed by atoms with E-state index >= 15 is 0 Å². The van der Waals surface area contributed by atoms with Crippen LogP contribution in [0.1, 0.15) is 40.0 Å². The summed E-state index contributed by atoms with van der Waals surface area (Å²) >= 11 is 0. The van der Waals surface area contributed by atoms with Crippen molar-refractivity contribution >= 4 is 11.8 Å². The molecule has 2 N–H and O–H groups in total. The zero-order valence-electron chi connectivity index (χ0n) is 13.1. The van der Waals surface area contributed by atoms with Gasteiger partial charge in [-0.15, -0.1) is 0 Å². The van der Waals surface area contributed by atoms with Crippen molar-refractivity contribution in [2.75, 3.05) is 32.7 Å². The maximum absolute atomic E-state index is 11.6. The normalized spacial score (nSPS) is 17.2. The molecule has 0 atom stereocenters. The molecule has 0 saturated carbocycles. The van der Waals surface area contributed by atoms with Crippen LogP contribution in [0.25, 0.3) is 0 Å². The fourth-order valence-corrected chi connectivity index (χ4v) is 2.59. The average molecular weight is 283 g/mol. The Morgan fingerprint density at radius 3 is 2.40 bits per heavy atom. The minimum Gasteiger partial charge on any atom is -0.356 e. The first-order valence-corrected chi connectivity index (χ1v) is 7.71. The fraction of sp³-hybridized carbons (Fsp3) is 0.867. The fourth-order valence-electron chi connectivity index (χ4n) is 2.59. The first-order valence-electron chi connectivity index (χ1n) is 7.71. The van der Waals surface area contributed by atoms with E-state index in [2.05, 4.69) is 29.4 Å². The SMILES string of the molecule is CC(=O)NCCC(=O)NCC1CCN(CC(C)C)CC1. The summed E-state index contributed by atoms with van der Waals surface area (Å²) in [6, 6.07) is 0. The first-order chi connectivity index (χ1) is 9.47. The molecule has 20 heavy (non-hydrogen) atoms. The quantitative estimate of drug-likeness (QED) is 0.732. The number of amides is 2. The Labute approximate surface area is 122 Å². The standard InChI is InChI=1S/C15H29N3O2/c1-12(2)11-18-8-5-14(6-9-18)10-17-15(20)4-7-16-13(3)19/h12,14H,4-11H2,1-3H3,(H,16,19)(H,17,20). The van der Waals surface area contributed by atoms with Crippen LogP contribution in [0.3, 0.4) is 0 Å². The van der Waals surface area contributed by atoms with Crippen LogP contribution in [0, 0.1) is 11.8 Å². The minimum absolute atomic E-state index is 0.0309. The summed E-state index contributed by atoms with van der Waals surface area (Å²) < 4.78 is 0. The van der Waals surface area contributed by atoms with Crippen LogP contribution in [-0.2, 0) is 9.59 Å². The van der Waals surface area contributed by atoms with Crippen LogP contribution in [0.4, 0.5) is 0 Å². The second-order valence-electron chi connectivity index (χ2n) is 6.17. The Hall–Kier alpha value is -1.10. The number of carbonyl (C=O) groups is 2. The molecular weight excluding hydrogens is 254 g/mol. The second kappa shape index (κ2) is 8.95. The molecule has 1 fully saturated rings. The molecule has 0 bridgehead atoms. The lowest BCUT2D eigenvalue weighted by atomic mass is 9.96. The zero-order chi connectivity index (χ0) is 15.0. The summed E-state index contributed by atoms with van der Waals surface area (Å²) in [6.45, 7) is 10.6. The number of hydrogen-bond acceptors (Lipinski definition) is 3. The highest BCUT2D eigenvalue weighted by atomic mass is 16.2. The second-order valence-corrected chi connectivity index (χ2v) is 6.17. The molecule has 1 rings (SSSR count). The van der Waals surface area contributed by atoms with Crippen LogP contribution < -0.4 is 10.6 Å². The molecule has 2 amide bonds. The van der Waals surface area contributed by atoms with Crippen molar-refractivity contribution in [1.29, 1.82) is 0 Å². The first kappa shape index (κ1) is 17.0. The average Bonchev–Trinajstić information content (AvgIpc) is 2.37. The van der Waals surface area contributed by atoms with E-state index in [1.807, 2.05) is 0 Å². The lowest BCUT2D eigenvalue weighted by molar-refractivity contribution is -0.121. The van der Waals surface area contributed by atoms with Crippen LogP contribution in [0.15, 0.2) is 0 Å². The molecular formula is C15H29N3O2. The number of nitrogens with one attached hydrogen (secondary N) is 2. The van der Waals surface area contributed by atoms with Gasteiger partial charge in [-0.3, -0.25) is 9.59 Å². The van der Waals surface area contributed by atoms with E-state index in [1.54, 1.807) is 0 Å². The summed E-state index contributed by atoms with van der Waals surface area (Å²) in [4.78, 5) is 24.8. The van der Waals surface area contributed by atoms with E-state index in [0.29, 0.717) is 18.9 Å². The minimum atomic E-state index is -0.0877. The predicted octanol–water partition coefficient (Wildman–Crippen LogP) is 0.997. The van der Waals surface area contributed by atoms with Gasteiger partial charge in [0, 0.05) is 33.0 Å². The molecule has 0 aromatic rings. The van der Waals surface area contributed by atoms with Crippen molar-refractivity contribution < 1.29 is 9.59 Å². The lowest BCUT2D eigenvalue weighted by Crippen LogP contribution is -2.40. The number of nitrogens with zero attached hydrogens (tertiary/aromatic N) is 1. The monoisotopic (exact) mass is 283 g/mol. The molecule has 1 heterocycles. The largest absolute Gasteiger partial charge is 0.356 e. The van der Waals surface area contributed by atoms with E-state index in [0.717, 1.165) is 25.6 Å². The maximum Gasteiger partial charge on any atom is 0.221 e. The topological polar surface area (TPSA) is 61.4 Å². The number of hydrogen-bond donors (Lipinski definition) is 2. The van der Waals surface area contributed by atoms with Gasteiger partial charge in [0.1, 0.15) is 0 Å². The van der Waals surface area contributed by atoms with Crippen molar-refractivity contribution in [3.63, 3.8) is 0 Å². The van der Waals surface area contributed by atoms with Crippen molar-refractivity contribution in [3.8, 4) is 0 Å². The Balaban J connectivity index is 2.08. The van der Waals surface area contributed by atoms with Gasteiger partial charge in [-0.2, -0.15) is 0 Å². The molecule has 0 unspecified atom stereocenters. The van der Waals surface area contributed by atoms with Crippen molar-refractivity contribution in [3.05, 3.63) is 0 Å². The molecule has 0 aliphatic carbocycles. The molecule has 0 aromatic heterocycles. The van der Waals surface area contributed by atoms with Gasteiger partial charge >= 0.3 is 0 Å². The molecule has 1 aliphatic heterocycles. The number of likely N-dealkylation sites (tertiary alicyclic amines) is 1. The molecule has 0 spiro atoms. The Morgan fingerprint density at radius 1 is 1.20 bits per heavy atom. The van der Waals surface area contributed by atoms with Gasteiger partial charge in [-0.05, 0) is 37.8 Å². The number of piperidine rings is 1. The van der Waals surface area contributed by atoms with Gasteiger partial charge in [0.25, 0.3) is 0 Å². The van der Waals surface area contributed by atoms with Gasteiger partial charge < -0.3 is 15.5 Å². The smallest absolute Gasteiger partial charge is 0.221 e. The van der Waals surface area contributed by atoms with Crippen molar-refractivity contribution in [1.82, 2.24) is 15.5 Å². The molecule has 5 nitrogen and oxygen atoms in total. The van der Waals surface area contributed by atoms with Crippen LogP contribution in [-0.4, -0.2) is 49.4 Å². The third-order valence-electron chi connectivity index (χ3n) is 3.64. The maximum atomic E-state index is 11.6. The summed E-state index contributed by atoms with van der Waals surface area (Å²) in [5, 5.41) is 5.60. The summed E-state index contributed by atoms with van der Waals surface area (Å²) in [7, 11) is 0. The molecule has 1 aliphatic rings. The number of carbonyl (C=O) groups excluding carboxylic acids is 2. The number of rotatable bonds is 7. The highest BCUT2D eigenvalue weighted by molar-refractivity contribution is 5.77.